The summed E-state index contributed by atoms with van der Waals surface area (Å²) in [6.45, 7) is 1.94. The zero-order chi connectivity index (χ0) is 7.40. The lowest BCUT2D eigenvalue weighted by Crippen LogP contribution is -1.98. The van der Waals surface area contributed by atoms with Crippen molar-refractivity contribution < 1.29 is 5.21 Å². The van der Waals surface area contributed by atoms with E-state index in [0.717, 1.165) is 12.1 Å². The van der Waals surface area contributed by atoms with Crippen LogP contribution in [0.1, 0.15) is 19.0 Å². The third-order valence-corrected chi connectivity index (χ3v) is 1.36. The lowest BCUT2D eigenvalue weighted by molar-refractivity contribution is 0.318. The highest BCUT2D eigenvalue weighted by Gasteiger charge is 1.99. The first-order valence-electron chi connectivity index (χ1n) is 3.23. The molecule has 3 nitrogen and oxygen atoms in total. The van der Waals surface area contributed by atoms with Gasteiger partial charge in [0.25, 0.3) is 0 Å². The van der Waals surface area contributed by atoms with Crippen LogP contribution in [-0.2, 0) is 0 Å². The first kappa shape index (κ1) is 6.86. The van der Waals surface area contributed by atoms with Gasteiger partial charge in [-0.05, 0) is 18.6 Å². The molecule has 0 saturated heterocycles. The Balaban J connectivity index is 2.85. The van der Waals surface area contributed by atoms with E-state index in [4.69, 9.17) is 5.21 Å². The fraction of sp³-hybridized carbons (Fsp3) is 0.286. The van der Waals surface area contributed by atoms with E-state index >= 15 is 0 Å². The van der Waals surface area contributed by atoms with E-state index in [1.165, 1.54) is 0 Å². The molecule has 0 spiro atoms. The third-order valence-electron chi connectivity index (χ3n) is 1.36. The number of H-pyrrole nitrogens is 1. The number of rotatable bonds is 2. The molecule has 54 valence electrons. The lowest BCUT2D eigenvalue weighted by Gasteiger charge is -1.94. The molecular weight excluding hydrogens is 128 g/mol. The Morgan fingerprint density at radius 1 is 1.80 bits per heavy atom. The Hall–Kier alpha value is -1.25. The lowest BCUT2D eigenvalue weighted by atomic mass is 10.2. The first-order chi connectivity index (χ1) is 4.88. The number of hydrogen-bond donors (Lipinski definition) is 2. The minimum Gasteiger partial charge on any atom is -0.411 e. The predicted molar refractivity (Wildman–Crippen MR) is 39.4 cm³/mol. The average molecular weight is 138 g/mol. The van der Waals surface area contributed by atoms with E-state index in [2.05, 4.69) is 10.1 Å². The molecule has 0 unspecified atom stereocenters. The van der Waals surface area contributed by atoms with Crippen molar-refractivity contribution in [1.82, 2.24) is 4.98 Å². The molecule has 0 fully saturated rings. The fourth-order valence-corrected chi connectivity index (χ4v) is 0.825. The van der Waals surface area contributed by atoms with Gasteiger partial charge in [0.15, 0.2) is 0 Å². The van der Waals surface area contributed by atoms with Gasteiger partial charge in [-0.1, -0.05) is 12.1 Å². The number of oxime groups is 1. The van der Waals surface area contributed by atoms with E-state index in [0.29, 0.717) is 5.71 Å². The molecule has 0 bridgehead atoms. The third kappa shape index (κ3) is 1.18. The zero-order valence-corrected chi connectivity index (χ0v) is 5.83. The van der Waals surface area contributed by atoms with Gasteiger partial charge in [0.2, 0.25) is 0 Å². The first-order valence-corrected chi connectivity index (χ1v) is 3.23. The van der Waals surface area contributed by atoms with Gasteiger partial charge in [-0.2, -0.15) is 0 Å². The van der Waals surface area contributed by atoms with E-state index in [1.54, 1.807) is 6.20 Å². The normalized spacial score (nSPS) is 11.9. The summed E-state index contributed by atoms with van der Waals surface area (Å²) in [6.07, 6.45) is 2.53. The van der Waals surface area contributed by atoms with E-state index in [9.17, 15) is 0 Å². The van der Waals surface area contributed by atoms with Crippen LogP contribution in [0.2, 0.25) is 0 Å². The maximum atomic E-state index is 8.47. The SMILES string of the molecule is CCC(=NO)c1ccc[nH]1. The number of aromatic amines is 1. The van der Waals surface area contributed by atoms with Crippen molar-refractivity contribution in [3.63, 3.8) is 0 Å². The Bertz CT molecular complexity index is 214. The van der Waals surface area contributed by atoms with Crippen molar-refractivity contribution in [3.05, 3.63) is 24.0 Å². The highest BCUT2D eigenvalue weighted by Crippen LogP contribution is 1.99. The van der Waals surface area contributed by atoms with Crippen molar-refractivity contribution in [1.29, 1.82) is 0 Å². The zero-order valence-electron chi connectivity index (χ0n) is 5.83. The van der Waals surface area contributed by atoms with Gasteiger partial charge in [-0.15, -0.1) is 0 Å². The summed E-state index contributed by atoms with van der Waals surface area (Å²) in [5, 5.41) is 11.6. The average Bonchev–Trinajstić information content (AvgIpc) is 2.43. The summed E-state index contributed by atoms with van der Waals surface area (Å²) in [7, 11) is 0. The minimum absolute atomic E-state index is 0.685. The Morgan fingerprint density at radius 3 is 3.00 bits per heavy atom. The van der Waals surface area contributed by atoms with Crippen molar-refractivity contribution in [3.8, 4) is 0 Å². The van der Waals surface area contributed by atoms with Gasteiger partial charge in [0.05, 0.1) is 5.69 Å². The molecule has 0 aliphatic heterocycles. The van der Waals surface area contributed by atoms with Crippen molar-refractivity contribution in [2.45, 2.75) is 13.3 Å². The topological polar surface area (TPSA) is 48.4 Å². The molecule has 10 heavy (non-hydrogen) atoms. The molecule has 0 aromatic carbocycles. The number of aromatic nitrogens is 1. The molecule has 0 aliphatic carbocycles. The minimum atomic E-state index is 0.685. The summed E-state index contributed by atoms with van der Waals surface area (Å²) in [6, 6.07) is 3.74. The van der Waals surface area contributed by atoms with Gasteiger partial charge >= 0.3 is 0 Å². The molecule has 0 amide bonds. The summed E-state index contributed by atoms with van der Waals surface area (Å²) >= 11 is 0. The summed E-state index contributed by atoms with van der Waals surface area (Å²) in [5.41, 5.74) is 1.56. The Morgan fingerprint density at radius 2 is 2.60 bits per heavy atom. The van der Waals surface area contributed by atoms with Crippen LogP contribution >= 0.6 is 0 Å². The number of nitrogens with zero attached hydrogens (tertiary/aromatic N) is 1. The highest BCUT2D eigenvalue weighted by atomic mass is 16.4. The molecule has 1 aromatic rings. The van der Waals surface area contributed by atoms with E-state index in [1.807, 2.05) is 19.1 Å². The van der Waals surface area contributed by atoms with Crippen molar-refractivity contribution >= 4 is 5.71 Å². The Labute approximate surface area is 59.4 Å². The summed E-state index contributed by atoms with van der Waals surface area (Å²) in [4.78, 5) is 2.95. The summed E-state index contributed by atoms with van der Waals surface area (Å²) < 4.78 is 0. The predicted octanol–water partition coefficient (Wildman–Crippen LogP) is 1.60. The van der Waals surface area contributed by atoms with Crippen LogP contribution in [0.5, 0.6) is 0 Å². The van der Waals surface area contributed by atoms with Gasteiger partial charge in [0.1, 0.15) is 5.71 Å². The maximum Gasteiger partial charge on any atom is 0.103 e. The quantitative estimate of drug-likeness (QED) is 0.364. The molecule has 0 aliphatic rings. The van der Waals surface area contributed by atoms with Gasteiger partial charge < -0.3 is 10.2 Å². The molecule has 0 atom stereocenters. The van der Waals surface area contributed by atoms with Crippen LogP contribution in [0.15, 0.2) is 23.5 Å². The van der Waals surface area contributed by atoms with E-state index in [-0.39, 0.29) is 0 Å². The van der Waals surface area contributed by atoms with Crippen molar-refractivity contribution in [2.24, 2.45) is 5.16 Å². The van der Waals surface area contributed by atoms with Gasteiger partial charge in [0, 0.05) is 6.20 Å². The highest BCUT2D eigenvalue weighted by molar-refractivity contribution is 5.98. The molecule has 2 N–H and O–H groups in total. The van der Waals surface area contributed by atoms with Gasteiger partial charge in [-0.3, -0.25) is 0 Å². The van der Waals surface area contributed by atoms with Crippen LogP contribution in [0.25, 0.3) is 0 Å². The largest absolute Gasteiger partial charge is 0.411 e. The molecule has 3 heteroatoms. The molecule has 1 aromatic heterocycles. The second-order valence-electron chi connectivity index (χ2n) is 1.98. The second kappa shape index (κ2) is 3.06. The number of hydrogen-bond acceptors (Lipinski definition) is 2. The second-order valence-corrected chi connectivity index (χ2v) is 1.98. The molecule has 1 rings (SSSR count). The molecule has 0 radical (unpaired) electrons. The smallest absolute Gasteiger partial charge is 0.103 e. The van der Waals surface area contributed by atoms with Gasteiger partial charge in [-0.25, -0.2) is 0 Å². The van der Waals surface area contributed by atoms with E-state index < -0.39 is 0 Å². The monoisotopic (exact) mass is 138 g/mol. The van der Waals surface area contributed by atoms with Crippen LogP contribution in [0.4, 0.5) is 0 Å². The molecule has 1 heterocycles. The van der Waals surface area contributed by atoms with Crippen LogP contribution in [-0.4, -0.2) is 15.9 Å². The van der Waals surface area contributed by atoms with Crippen LogP contribution in [0, 0.1) is 0 Å². The van der Waals surface area contributed by atoms with Crippen LogP contribution in [0.3, 0.4) is 0 Å². The fourth-order valence-electron chi connectivity index (χ4n) is 0.825. The van der Waals surface area contributed by atoms with Crippen LogP contribution < -0.4 is 0 Å². The molecular formula is C7H10N2O. The Kier molecular flexibility index (Phi) is 2.10. The summed E-state index contributed by atoms with van der Waals surface area (Å²) in [5.74, 6) is 0. The number of nitrogens with one attached hydrogen (secondary N) is 1. The molecule has 0 saturated carbocycles. The maximum absolute atomic E-state index is 8.47. The van der Waals surface area contributed by atoms with Crippen molar-refractivity contribution in [2.75, 3.05) is 0 Å². The standard InChI is InChI=1S/C7H10N2O/c1-2-6(9-10)7-4-3-5-8-7/h3-5,8,10H,2H2,1H3.